The molecular formula is C10H9ClN2. The zero-order chi connectivity index (χ0) is 9.26. The summed E-state index contributed by atoms with van der Waals surface area (Å²) in [6.07, 6.45) is 2.40. The number of nitriles is 1. The summed E-state index contributed by atoms with van der Waals surface area (Å²) < 4.78 is 0. The van der Waals surface area contributed by atoms with E-state index in [1.807, 2.05) is 6.07 Å². The van der Waals surface area contributed by atoms with E-state index in [2.05, 4.69) is 11.4 Å². The van der Waals surface area contributed by atoms with Gasteiger partial charge in [0, 0.05) is 11.1 Å². The van der Waals surface area contributed by atoms with Crippen molar-refractivity contribution in [3.63, 3.8) is 0 Å². The Bertz CT molecular complexity index is 364. The first-order chi connectivity index (χ1) is 6.29. The minimum absolute atomic E-state index is 0.563. The molecule has 0 saturated heterocycles. The van der Waals surface area contributed by atoms with E-state index in [0.29, 0.717) is 16.6 Å². The smallest absolute Gasteiger partial charge is 0.101 e. The quantitative estimate of drug-likeness (QED) is 0.782. The largest absolute Gasteiger partial charge is 0.381 e. The van der Waals surface area contributed by atoms with Crippen LogP contribution in [0.3, 0.4) is 0 Å². The molecule has 0 radical (unpaired) electrons. The first kappa shape index (κ1) is 8.40. The number of nitrogens with zero attached hydrogens (tertiary/aromatic N) is 1. The highest BCUT2D eigenvalue weighted by atomic mass is 35.5. The summed E-state index contributed by atoms with van der Waals surface area (Å²) in [5.41, 5.74) is 1.52. The highest BCUT2D eigenvalue weighted by Crippen LogP contribution is 2.27. The number of nitrogens with one attached hydrogen (secondary N) is 1. The van der Waals surface area contributed by atoms with E-state index in [9.17, 15) is 0 Å². The van der Waals surface area contributed by atoms with Crippen molar-refractivity contribution in [2.45, 2.75) is 18.9 Å². The molecule has 0 spiro atoms. The summed E-state index contributed by atoms with van der Waals surface area (Å²) in [4.78, 5) is 0. The third-order valence-electron chi connectivity index (χ3n) is 2.04. The fraction of sp³-hybridized carbons (Fsp3) is 0.300. The predicted octanol–water partition coefficient (Wildman–Crippen LogP) is 2.79. The van der Waals surface area contributed by atoms with Crippen molar-refractivity contribution in [3.8, 4) is 6.07 Å². The molecule has 0 bridgehead atoms. The Labute approximate surface area is 82.1 Å². The van der Waals surface area contributed by atoms with Gasteiger partial charge >= 0.3 is 0 Å². The topological polar surface area (TPSA) is 35.8 Å². The third-order valence-corrected chi connectivity index (χ3v) is 2.27. The Morgan fingerprint density at radius 1 is 1.46 bits per heavy atom. The predicted molar refractivity (Wildman–Crippen MR) is 52.8 cm³/mol. The summed E-state index contributed by atoms with van der Waals surface area (Å²) in [5, 5.41) is 12.7. The van der Waals surface area contributed by atoms with E-state index < -0.39 is 0 Å². The van der Waals surface area contributed by atoms with Crippen LogP contribution < -0.4 is 5.32 Å². The van der Waals surface area contributed by atoms with Gasteiger partial charge < -0.3 is 5.32 Å². The fourth-order valence-electron chi connectivity index (χ4n) is 1.18. The van der Waals surface area contributed by atoms with Gasteiger partial charge in [0.2, 0.25) is 0 Å². The van der Waals surface area contributed by atoms with Crippen LogP contribution in [0.2, 0.25) is 5.02 Å². The molecule has 66 valence electrons. The molecule has 13 heavy (non-hydrogen) atoms. The number of benzene rings is 1. The van der Waals surface area contributed by atoms with Gasteiger partial charge in [0.05, 0.1) is 11.3 Å². The Hall–Kier alpha value is -1.20. The van der Waals surface area contributed by atoms with Gasteiger partial charge in [-0.3, -0.25) is 0 Å². The minimum atomic E-state index is 0.563. The molecule has 0 amide bonds. The molecule has 1 aliphatic rings. The van der Waals surface area contributed by atoms with E-state index in [-0.39, 0.29) is 0 Å². The zero-order valence-electron chi connectivity index (χ0n) is 7.05. The summed E-state index contributed by atoms with van der Waals surface area (Å²) in [7, 11) is 0. The molecule has 1 aromatic carbocycles. The van der Waals surface area contributed by atoms with Crippen LogP contribution in [-0.2, 0) is 0 Å². The van der Waals surface area contributed by atoms with Crippen LogP contribution in [0.15, 0.2) is 18.2 Å². The van der Waals surface area contributed by atoms with Gasteiger partial charge in [-0.05, 0) is 31.0 Å². The molecule has 2 rings (SSSR count). The van der Waals surface area contributed by atoms with Gasteiger partial charge in [0.25, 0.3) is 0 Å². The van der Waals surface area contributed by atoms with Gasteiger partial charge in [-0.15, -0.1) is 0 Å². The Balaban J connectivity index is 2.27. The van der Waals surface area contributed by atoms with E-state index in [4.69, 9.17) is 16.9 Å². The maximum atomic E-state index is 8.83. The SMILES string of the molecule is N#Cc1cc(Cl)ccc1NC1CC1. The second kappa shape index (κ2) is 3.27. The van der Waals surface area contributed by atoms with Crippen molar-refractivity contribution in [1.82, 2.24) is 0 Å². The van der Waals surface area contributed by atoms with E-state index >= 15 is 0 Å². The molecule has 1 aromatic rings. The molecule has 1 N–H and O–H groups in total. The number of anilines is 1. The highest BCUT2D eigenvalue weighted by Gasteiger charge is 2.21. The highest BCUT2D eigenvalue weighted by molar-refractivity contribution is 6.30. The number of rotatable bonds is 2. The molecule has 0 unspecified atom stereocenters. The molecule has 0 heterocycles. The first-order valence-corrected chi connectivity index (χ1v) is 4.63. The molecule has 0 aliphatic heterocycles. The van der Waals surface area contributed by atoms with Crippen LogP contribution in [0.4, 0.5) is 5.69 Å². The van der Waals surface area contributed by atoms with Crippen molar-refractivity contribution >= 4 is 17.3 Å². The number of hydrogen-bond acceptors (Lipinski definition) is 2. The van der Waals surface area contributed by atoms with Crippen LogP contribution in [0.1, 0.15) is 18.4 Å². The maximum Gasteiger partial charge on any atom is 0.101 e. The van der Waals surface area contributed by atoms with Crippen LogP contribution in [0, 0.1) is 11.3 Å². The summed E-state index contributed by atoms with van der Waals surface area (Å²) in [6, 6.07) is 8.03. The van der Waals surface area contributed by atoms with Crippen LogP contribution in [0.5, 0.6) is 0 Å². The van der Waals surface area contributed by atoms with Crippen molar-refractivity contribution in [3.05, 3.63) is 28.8 Å². The second-order valence-electron chi connectivity index (χ2n) is 3.22. The average molecular weight is 193 g/mol. The molecule has 1 saturated carbocycles. The van der Waals surface area contributed by atoms with Gasteiger partial charge in [0.1, 0.15) is 6.07 Å². The lowest BCUT2D eigenvalue weighted by molar-refractivity contribution is 1.15. The molecule has 0 atom stereocenters. The number of halogens is 1. The first-order valence-electron chi connectivity index (χ1n) is 4.26. The van der Waals surface area contributed by atoms with E-state index in [1.165, 1.54) is 12.8 Å². The average Bonchev–Trinajstić information content (AvgIpc) is 2.92. The van der Waals surface area contributed by atoms with E-state index in [1.54, 1.807) is 12.1 Å². The number of hydrogen-bond donors (Lipinski definition) is 1. The zero-order valence-corrected chi connectivity index (χ0v) is 7.80. The standard InChI is InChI=1S/C10H9ClN2/c11-8-1-4-10(7(5-8)6-12)13-9-2-3-9/h1,4-5,9,13H,2-3H2. The minimum Gasteiger partial charge on any atom is -0.381 e. The molecule has 3 heteroatoms. The third kappa shape index (κ3) is 1.93. The second-order valence-corrected chi connectivity index (χ2v) is 3.66. The van der Waals surface area contributed by atoms with Crippen molar-refractivity contribution in [1.29, 1.82) is 5.26 Å². The van der Waals surface area contributed by atoms with Gasteiger partial charge in [0.15, 0.2) is 0 Å². The normalized spacial score (nSPS) is 15.1. The lowest BCUT2D eigenvalue weighted by Crippen LogP contribution is -2.02. The van der Waals surface area contributed by atoms with Gasteiger partial charge in [-0.2, -0.15) is 5.26 Å². The van der Waals surface area contributed by atoms with Gasteiger partial charge in [-0.25, -0.2) is 0 Å². The van der Waals surface area contributed by atoms with Crippen LogP contribution in [-0.4, -0.2) is 6.04 Å². The van der Waals surface area contributed by atoms with Crippen LogP contribution in [0.25, 0.3) is 0 Å². The Morgan fingerprint density at radius 3 is 2.85 bits per heavy atom. The Kier molecular flexibility index (Phi) is 2.12. The fourth-order valence-corrected chi connectivity index (χ4v) is 1.35. The molecule has 0 aromatic heterocycles. The Morgan fingerprint density at radius 2 is 2.23 bits per heavy atom. The molecule has 1 aliphatic carbocycles. The van der Waals surface area contributed by atoms with Crippen molar-refractivity contribution < 1.29 is 0 Å². The van der Waals surface area contributed by atoms with Gasteiger partial charge in [-0.1, -0.05) is 11.6 Å². The monoisotopic (exact) mass is 192 g/mol. The summed E-state index contributed by atoms with van der Waals surface area (Å²) in [5.74, 6) is 0. The maximum absolute atomic E-state index is 8.83. The lowest BCUT2D eigenvalue weighted by Gasteiger charge is -2.05. The van der Waals surface area contributed by atoms with E-state index in [0.717, 1.165) is 5.69 Å². The lowest BCUT2D eigenvalue weighted by atomic mass is 10.2. The van der Waals surface area contributed by atoms with Crippen LogP contribution >= 0.6 is 11.6 Å². The summed E-state index contributed by atoms with van der Waals surface area (Å²) >= 11 is 5.77. The molecular weight excluding hydrogens is 184 g/mol. The van der Waals surface area contributed by atoms with Crippen molar-refractivity contribution in [2.24, 2.45) is 0 Å². The van der Waals surface area contributed by atoms with Crippen molar-refractivity contribution in [2.75, 3.05) is 5.32 Å². The molecule has 1 fully saturated rings. The molecule has 2 nitrogen and oxygen atoms in total. The summed E-state index contributed by atoms with van der Waals surface area (Å²) in [6.45, 7) is 0.